The Morgan fingerprint density at radius 2 is 1.70 bits per heavy atom. The summed E-state index contributed by atoms with van der Waals surface area (Å²) in [7, 11) is 0. The van der Waals surface area contributed by atoms with Gasteiger partial charge in [-0.1, -0.05) is 38.7 Å². The summed E-state index contributed by atoms with van der Waals surface area (Å²) in [5.41, 5.74) is 0.808. The molecule has 2 rings (SSSR count). The van der Waals surface area contributed by atoms with Crippen LogP contribution in [0.3, 0.4) is 0 Å². The van der Waals surface area contributed by atoms with E-state index in [0.717, 1.165) is 32.1 Å². The van der Waals surface area contributed by atoms with E-state index in [1.165, 1.54) is 12.8 Å². The normalized spacial score (nSPS) is 14.7. The molecule has 1 aliphatic carbocycles. The van der Waals surface area contributed by atoms with Crippen LogP contribution in [0.4, 0.5) is 0 Å². The van der Waals surface area contributed by atoms with Crippen molar-refractivity contribution < 1.29 is 19.1 Å². The first-order valence-electron chi connectivity index (χ1n) is 8.65. The zero-order valence-electron chi connectivity index (χ0n) is 13.9. The molecule has 4 heteroatoms. The van der Waals surface area contributed by atoms with Crippen molar-refractivity contribution in [3.05, 3.63) is 35.4 Å². The van der Waals surface area contributed by atoms with Crippen molar-refractivity contribution in [1.29, 1.82) is 0 Å². The maximum atomic E-state index is 12.1. The third-order valence-corrected chi connectivity index (χ3v) is 4.24. The Morgan fingerprint density at radius 3 is 2.35 bits per heavy atom. The van der Waals surface area contributed by atoms with Crippen LogP contribution in [0.2, 0.25) is 0 Å². The highest BCUT2D eigenvalue weighted by Crippen LogP contribution is 2.25. The molecule has 0 atom stereocenters. The Labute approximate surface area is 138 Å². The van der Waals surface area contributed by atoms with Crippen LogP contribution in [0.15, 0.2) is 24.3 Å². The summed E-state index contributed by atoms with van der Waals surface area (Å²) >= 11 is 0. The average Bonchev–Trinajstić information content (AvgIpc) is 3.10. The highest BCUT2D eigenvalue weighted by molar-refractivity contribution is 5.95. The molecule has 1 fully saturated rings. The van der Waals surface area contributed by atoms with Crippen molar-refractivity contribution in [2.45, 2.75) is 51.9 Å². The molecule has 0 heterocycles. The van der Waals surface area contributed by atoms with E-state index in [4.69, 9.17) is 9.47 Å². The summed E-state index contributed by atoms with van der Waals surface area (Å²) in [6.07, 6.45) is 7.71. The fraction of sp³-hybridized carbons (Fsp3) is 0.579. The summed E-state index contributed by atoms with van der Waals surface area (Å²) in [4.78, 5) is 24.1. The number of carbonyl (C=O) groups is 2. The Morgan fingerprint density at radius 1 is 1.04 bits per heavy atom. The molecular weight excluding hydrogens is 292 g/mol. The van der Waals surface area contributed by atoms with E-state index in [2.05, 4.69) is 6.92 Å². The molecule has 0 aliphatic heterocycles. The summed E-state index contributed by atoms with van der Waals surface area (Å²) < 4.78 is 10.6. The molecule has 1 aromatic carbocycles. The Kier molecular flexibility index (Phi) is 7.11. The van der Waals surface area contributed by atoms with Gasteiger partial charge in [0.15, 0.2) is 0 Å². The lowest BCUT2D eigenvalue weighted by Gasteiger charge is -2.10. The largest absolute Gasteiger partial charge is 0.462 e. The molecule has 0 amide bonds. The van der Waals surface area contributed by atoms with Gasteiger partial charge in [-0.2, -0.15) is 0 Å². The molecule has 23 heavy (non-hydrogen) atoms. The zero-order valence-corrected chi connectivity index (χ0v) is 13.9. The maximum Gasteiger partial charge on any atom is 0.338 e. The van der Waals surface area contributed by atoms with Gasteiger partial charge in [0.2, 0.25) is 0 Å². The molecule has 0 spiro atoms. The summed E-state index contributed by atoms with van der Waals surface area (Å²) in [5, 5.41) is 0. The SMILES string of the molecule is CCCCCOC(=O)c1cccc(C(=O)OCC2CCCC2)c1. The number of hydrogen-bond acceptors (Lipinski definition) is 4. The first kappa shape index (κ1) is 17.5. The number of carbonyl (C=O) groups excluding carboxylic acids is 2. The maximum absolute atomic E-state index is 12.1. The minimum Gasteiger partial charge on any atom is -0.462 e. The fourth-order valence-corrected chi connectivity index (χ4v) is 2.83. The summed E-state index contributed by atoms with van der Waals surface area (Å²) in [6, 6.07) is 6.58. The van der Waals surface area contributed by atoms with E-state index >= 15 is 0 Å². The van der Waals surface area contributed by atoms with Gasteiger partial charge in [0.1, 0.15) is 0 Å². The van der Waals surface area contributed by atoms with Gasteiger partial charge in [0.05, 0.1) is 24.3 Å². The first-order valence-corrected chi connectivity index (χ1v) is 8.65. The zero-order chi connectivity index (χ0) is 16.5. The highest BCUT2D eigenvalue weighted by Gasteiger charge is 2.18. The van der Waals surface area contributed by atoms with Gasteiger partial charge in [-0.3, -0.25) is 0 Å². The van der Waals surface area contributed by atoms with Gasteiger partial charge >= 0.3 is 11.9 Å². The van der Waals surface area contributed by atoms with Gasteiger partial charge < -0.3 is 9.47 Å². The van der Waals surface area contributed by atoms with Crippen LogP contribution in [0.5, 0.6) is 0 Å². The molecular formula is C19H26O4. The lowest BCUT2D eigenvalue weighted by atomic mass is 10.1. The van der Waals surface area contributed by atoms with Crippen LogP contribution < -0.4 is 0 Å². The van der Waals surface area contributed by atoms with Crippen LogP contribution in [-0.2, 0) is 9.47 Å². The standard InChI is InChI=1S/C19H26O4/c1-2-3-6-12-22-18(20)16-10-7-11-17(13-16)19(21)23-14-15-8-4-5-9-15/h7,10-11,13,15H,2-6,8-9,12,14H2,1H3. The van der Waals surface area contributed by atoms with Crippen LogP contribution in [-0.4, -0.2) is 25.2 Å². The first-order chi connectivity index (χ1) is 11.2. The Balaban J connectivity index is 1.85. The number of esters is 2. The smallest absolute Gasteiger partial charge is 0.338 e. The van der Waals surface area contributed by atoms with Crippen LogP contribution in [0.1, 0.15) is 72.6 Å². The average molecular weight is 318 g/mol. The molecule has 1 saturated carbocycles. The van der Waals surface area contributed by atoms with Crippen molar-refractivity contribution in [1.82, 2.24) is 0 Å². The number of benzene rings is 1. The van der Waals surface area contributed by atoms with E-state index in [1.54, 1.807) is 24.3 Å². The molecule has 1 aliphatic rings. The molecule has 0 radical (unpaired) electrons. The second-order valence-electron chi connectivity index (χ2n) is 6.17. The number of hydrogen-bond donors (Lipinski definition) is 0. The molecule has 1 aromatic rings. The van der Waals surface area contributed by atoms with Crippen LogP contribution in [0, 0.1) is 5.92 Å². The van der Waals surface area contributed by atoms with Crippen molar-refractivity contribution in [3.8, 4) is 0 Å². The van der Waals surface area contributed by atoms with Crippen LogP contribution >= 0.6 is 0 Å². The fourth-order valence-electron chi connectivity index (χ4n) is 2.83. The topological polar surface area (TPSA) is 52.6 Å². The van der Waals surface area contributed by atoms with E-state index in [9.17, 15) is 9.59 Å². The second kappa shape index (κ2) is 9.33. The van der Waals surface area contributed by atoms with E-state index < -0.39 is 0 Å². The molecule has 4 nitrogen and oxygen atoms in total. The second-order valence-corrected chi connectivity index (χ2v) is 6.17. The summed E-state index contributed by atoms with van der Waals surface area (Å²) in [5.74, 6) is -0.255. The lowest BCUT2D eigenvalue weighted by molar-refractivity contribution is 0.0442. The monoisotopic (exact) mass is 318 g/mol. The highest BCUT2D eigenvalue weighted by atomic mass is 16.5. The number of unbranched alkanes of at least 4 members (excludes halogenated alkanes) is 2. The van der Waals surface area contributed by atoms with E-state index in [0.29, 0.717) is 30.3 Å². The van der Waals surface area contributed by atoms with Crippen molar-refractivity contribution in [3.63, 3.8) is 0 Å². The van der Waals surface area contributed by atoms with Crippen molar-refractivity contribution in [2.24, 2.45) is 5.92 Å². The quantitative estimate of drug-likeness (QED) is 0.527. The predicted molar refractivity (Wildman–Crippen MR) is 88.5 cm³/mol. The Hall–Kier alpha value is -1.84. The van der Waals surface area contributed by atoms with Gasteiger partial charge in [-0.05, 0) is 43.4 Å². The van der Waals surface area contributed by atoms with Gasteiger partial charge in [-0.15, -0.1) is 0 Å². The molecule has 0 bridgehead atoms. The van der Waals surface area contributed by atoms with Crippen LogP contribution in [0.25, 0.3) is 0 Å². The van der Waals surface area contributed by atoms with Gasteiger partial charge in [0.25, 0.3) is 0 Å². The number of rotatable bonds is 8. The van der Waals surface area contributed by atoms with Gasteiger partial charge in [-0.25, -0.2) is 9.59 Å². The molecule has 0 N–H and O–H groups in total. The third-order valence-electron chi connectivity index (χ3n) is 4.24. The Bertz CT molecular complexity index is 518. The predicted octanol–water partition coefficient (Wildman–Crippen LogP) is 4.38. The van der Waals surface area contributed by atoms with Crippen molar-refractivity contribution >= 4 is 11.9 Å². The molecule has 0 unspecified atom stereocenters. The third kappa shape index (κ3) is 5.70. The number of ether oxygens (including phenoxy) is 2. The van der Waals surface area contributed by atoms with Crippen molar-refractivity contribution in [2.75, 3.05) is 13.2 Å². The van der Waals surface area contributed by atoms with Gasteiger partial charge in [0, 0.05) is 0 Å². The molecule has 0 aromatic heterocycles. The summed E-state index contributed by atoms with van der Waals surface area (Å²) in [6.45, 7) is 3.00. The molecule has 126 valence electrons. The lowest BCUT2D eigenvalue weighted by Crippen LogP contribution is -2.13. The van der Waals surface area contributed by atoms with E-state index in [-0.39, 0.29) is 11.9 Å². The molecule has 0 saturated heterocycles. The minimum atomic E-state index is -0.383. The van der Waals surface area contributed by atoms with E-state index in [1.807, 2.05) is 0 Å². The minimum absolute atomic E-state index is 0.363.